The van der Waals surface area contributed by atoms with Crippen molar-refractivity contribution in [3.8, 4) is 0 Å². The first kappa shape index (κ1) is 14.6. The van der Waals surface area contributed by atoms with Crippen molar-refractivity contribution in [2.24, 2.45) is 0 Å². The van der Waals surface area contributed by atoms with Gasteiger partial charge in [-0.2, -0.15) is 0 Å². The molecule has 1 aromatic carbocycles. The molecule has 1 saturated heterocycles. The van der Waals surface area contributed by atoms with Gasteiger partial charge in [0.25, 0.3) is 5.56 Å². The van der Waals surface area contributed by atoms with Gasteiger partial charge in [-0.05, 0) is 25.0 Å². The first-order valence-corrected chi connectivity index (χ1v) is 7.34. The molecule has 1 unspecified atom stereocenters. The van der Waals surface area contributed by atoms with Gasteiger partial charge < -0.3 is 9.47 Å². The van der Waals surface area contributed by atoms with E-state index in [1.165, 1.54) is 4.68 Å². The van der Waals surface area contributed by atoms with Crippen molar-refractivity contribution >= 4 is 16.9 Å². The summed E-state index contributed by atoms with van der Waals surface area (Å²) in [6.45, 7) is 1.16. The fraction of sp³-hybridized carbons (Fsp3) is 0.467. The minimum atomic E-state index is -0.364. The molecule has 0 amide bonds. The van der Waals surface area contributed by atoms with Gasteiger partial charge in [0.15, 0.2) is 0 Å². The van der Waals surface area contributed by atoms with Gasteiger partial charge in [-0.15, -0.1) is 5.10 Å². The Morgan fingerprint density at radius 1 is 1.41 bits per heavy atom. The van der Waals surface area contributed by atoms with Crippen LogP contribution >= 0.6 is 0 Å². The number of fused-ring (bicyclic) bond motifs is 1. The average Bonchev–Trinajstić information content (AvgIpc) is 3.06. The van der Waals surface area contributed by atoms with Crippen LogP contribution < -0.4 is 5.56 Å². The molecule has 22 heavy (non-hydrogen) atoms. The summed E-state index contributed by atoms with van der Waals surface area (Å²) in [6, 6.07) is 6.98. The van der Waals surface area contributed by atoms with E-state index in [2.05, 4.69) is 10.3 Å². The molecule has 0 radical (unpaired) electrons. The van der Waals surface area contributed by atoms with Crippen LogP contribution in [-0.2, 0) is 20.8 Å². The van der Waals surface area contributed by atoms with E-state index in [4.69, 9.17) is 9.47 Å². The predicted molar refractivity (Wildman–Crippen MR) is 78.3 cm³/mol. The van der Waals surface area contributed by atoms with Crippen LogP contribution in [0.4, 0.5) is 0 Å². The molecular formula is C15H17N3O4. The largest absolute Gasteiger partial charge is 0.463 e. The second-order valence-electron chi connectivity index (χ2n) is 5.20. The van der Waals surface area contributed by atoms with Crippen LogP contribution in [0.3, 0.4) is 0 Å². The number of ether oxygens (including phenoxy) is 2. The van der Waals surface area contributed by atoms with Crippen molar-refractivity contribution in [1.29, 1.82) is 0 Å². The quantitative estimate of drug-likeness (QED) is 0.763. The van der Waals surface area contributed by atoms with Gasteiger partial charge in [-0.3, -0.25) is 9.59 Å². The molecule has 0 bridgehead atoms. The highest BCUT2D eigenvalue weighted by Gasteiger charge is 2.17. The summed E-state index contributed by atoms with van der Waals surface area (Å²) in [7, 11) is 0. The lowest BCUT2D eigenvalue weighted by atomic mass is 10.2. The Kier molecular flexibility index (Phi) is 4.43. The molecule has 0 aliphatic carbocycles. The average molecular weight is 303 g/mol. The topological polar surface area (TPSA) is 83.3 Å². The van der Waals surface area contributed by atoms with Gasteiger partial charge >= 0.3 is 5.97 Å². The summed E-state index contributed by atoms with van der Waals surface area (Å²) in [5.41, 5.74) is 0.294. The van der Waals surface area contributed by atoms with Crippen molar-refractivity contribution in [2.75, 3.05) is 13.2 Å². The van der Waals surface area contributed by atoms with E-state index >= 15 is 0 Å². The number of hydrogen-bond acceptors (Lipinski definition) is 6. The fourth-order valence-corrected chi connectivity index (χ4v) is 2.40. The molecule has 116 valence electrons. The van der Waals surface area contributed by atoms with Gasteiger partial charge in [0.05, 0.1) is 24.5 Å². The van der Waals surface area contributed by atoms with Crippen molar-refractivity contribution in [3.05, 3.63) is 34.6 Å². The SMILES string of the molecule is O=C(CCn1nnc2ccccc2c1=O)OCC1CCCO1. The fourth-order valence-electron chi connectivity index (χ4n) is 2.40. The van der Waals surface area contributed by atoms with Crippen LogP contribution in [-0.4, -0.2) is 40.3 Å². The Morgan fingerprint density at radius 2 is 2.27 bits per heavy atom. The molecule has 0 saturated carbocycles. The van der Waals surface area contributed by atoms with E-state index in [1.54, 1.807) is 24.3 Å². The summed E-state index contributed by atoms with van der Waals surface area (Å²) in [4.78, 5) is 23.9. The lowest BCUT2D eigenvalue weighted by Crippen LogP contribution is -2.26. The second-order valence-corrected chi connectivity index (χ2v) is 5.20. The third-order valence-corrected chi connectivity index (χ3v) is 3.61. The highest BCUT2D eigenvalue weighted by molar-refractivity contribution is 5.76. The molecule has 1 aromatic heterocycles. The van der Waals surface area contributed by atoms with Gasteiger partial charge in [0.1, 0.15) is 12.1 Å². The lowest BCUT2D eigenvalue weighted by Gasteiger charge is -2.10. The zero-order valence-corrected chi connectivity index (χ0v) is 12.1. The van der Waals surface area contributed by atoms with E-state index in [0.717, 1.165) is 19.4 Å². The van der Waals surface area contributed by atoms with Gasteiger partial charge in [0.2, 0.25) is 0 Å². The van der Waals surface area contributed by atoms with E-state index in [-0.39, 0.29) is 37.2 Å². The molecular weight excluding hydrogens is 286 g/mol. The summed E-state index contributed by atoms with van der Waals surface area (Å²) in [5, 5.41) is 8.30. The number of nitrogens with zero attached hydrogens (tertiary/aromatic N) is 3. The Morgan fingerprint density at radius 3 is 3.09 bits per heavy atom. The maximum Gasteiger partial charge on any atom is 0.307 e. The number of benzene rings is 1. The molecule has 1 aliphatic rings. The van der Waals surface area contributed by atoms with Crippen LogP contribution in [0.1, 0.15) is 19.3 Å². The van der Waals surface area contributed by atoms with E-state index in [1.807, 2.05) is 0 Å². The minimum absolute atomic E-state index is 0.00660. The Labute approximate surface area is 126 Å². The second kappa shape index (κ2) is 6.65. The molecule has 1 fully saturated rings. The highest BCUT2D eigenvalue weighted by atomic mass is 16.6. The van der Waals surface area contributed by atoms with Gasteiger partial charge in [-0.25, -0.2) is 4.68 Å². The molecule has 2 heterocycles. The van der Waals surface area contributed by atoms with E-state index < -0.39 is 0 Å². The maximum absolute atomic E-state index is 12.2. The Balaban J connectivity index is 1.58. The predicted octanol–water partition coefficient (Wildman–Crippen LogP) is 0.904. The molecule has 2 aromatic rings. The van der Waals surface area contributed by atoms with Crippen molar-refractivity contribution in [2.45, 2.75) is 31.9 Å². The van der Waals surface area contributed by atoms with Gasteiger partial charge in [-0.1, -0.05) is 17.3 Å². The molecule has 7 nitrogen and oxygen atoms in total. The third kappa shape index (κ3) is 3.30. The summed E-state index contributed by atoms with van der Waals surface area (Å²) >= 11 is 0. The molecule has 0 spiro atoms. The smallest absolute Gasteiger partial charge is 0.307 e. The highest BCUT2D eigenvalue weighted by Crippen LogP contribution is 2.12. The Bertz CT molecular complexity index is 722. The van der Waals surface area contributed by atoms with Crippen LogP contribution in [0.25, 0.3) is 10.9 Å². The standard InChI is InChI=1S/C15H17N3O4/c19-14(22-10-11-4-3-9-21-11)7-8-18-15(20)12-5-1-2-6-13(12)16-17-18/h1-2,5-6,11H,3-4,7-10H2. The van der Waals surface area contributed by atoms with Crippen LogP contribution in [0.15, 0.2) is 29.1 Å². The number of carbonyl (C=O) groups excluding carboxylic acids is 1. The number of esters is 1. The van der Waals surface area contributed by atoms with E-state index in [0.29, 0.717) is 10.9 Å². The molecule has 0 N–H and O–H groups in total. The number of hydrogen-bond donors (Lipinski definition) is 0. The van der Waals surface area contributed by atoms with Crippen molar-refractivity contribution in [3.63, 3.8) is 0 Å². The van der Waals surface area contributed by atoms with Crippen LogP contribution in [0.2, 0.25) is 0 Å². The molecule has 1 atom stereocenters. The van der Waals surface area contributed by atoms with Crippen molar-refractivity contribution < 1.29 is 14.3 Å². The summed E-state index contributed by atoms with van der Waals surface area (Å²) in [5.74, 6) is -0.364. The maximum atomic E-state index is 12.2. The molecule has 7 heteroatoms. The molecule has 3 rings (SSSR count). The third-order valence-electron chi connectivity index (χ3n) is 3.61. The zero-order chi connectivity index (χ0) is 15.4. The monoisotopic (exact) mass is 303 g/mol. The number of carbonyl (C=O) groups is 1. The summed E-state index contributed by atoms with van der Waals surface area (Å²) < 4.78 is 11.7. The minimum Gasteiger partial charge on any atom is -0.463 e. The zero-order valence-electron chi connectivity index (χ0n) is 12.1. The van der Waals surface area contributed by atoms with E-state index in [9.17, 15) is 9.59 Å². The first-order chi connectivity index (χ1) is 10.7. The van der Waals surface area contributed by atoms with Crippen molar-refractivity contribution in [1.82, 2.24) is 15.0 Å². The number of rotatable bonds is 5. The normalized spacial score (nSPS) is 17.7. The van der Waals surface area contributed by atoms with Gasteiger partial charge in [0, 0.05) is 6.61 Å². The molecule has 1 aliphatic heterocycles. The van der Waals surface area contributed by atoms with Crippen LogP contribution in [0, 0.1) is 0 Å². The Hall–Kier alpha value is -2.28. The summed E-state index contributed by atoms with van der Waals surface area (Å²) in [6.07, 6.45) is 2.01. The number of aryl methyl sites for hydroxylation is 1. The number of aromatic nitrogens is 3. The first-order valence-electron chi connectivity index (χ1n) is 7.34. The lowest BCUT2D eigenvalue weighted by molar-refractivity contribution is -0.147. The van der Waals surface area contributed by atoms with Crippen LogP contribution in [0.5, 0.6) is 0 Å².